The molecule has 0 heterocycles. The highest BCUT2D eigenvalue weighted by atomic mass is 16.5. The average molecular weight is 293 g/mol. The van der Waals surface area contributed by atoms with Gasteiger partial charge in [-0.25, -0.2) is 0 Å². The molecule has 0 N–H and O–H groups in total. The van der Waals surface area contributed by atoms with Crippen molar-refractivity contribution in [3.05, 3.63) is 23.8 Å². The monoisotopic (exact) mass is 293 g/mol. The van der Waals surface area contributed by atoms with E-state index in [2.05, 4.69) is 0 Å². The lowest BCUT2D eigenvalue weighted by Crippen LogP contribution is -2.28. The minimum absolute atomic E-state index is 0.0307. The SMILES string of the molecule is CCN(CC)C(=O)C=Cc1ccc(OC)c(OC)c1OC. The van der Waals surface area contributed by atoms with Gasteiger partial charge in [-0.15, -0.1) is 0 Å². The first-order valence-electron chi connectivity index (χ1n) is 6.88. The second kappa shape index (κ2) is 8.19. The molecular weight excluding hydrogens is 270 g/mol. The summed E-state index contributed by atoms with van der Waals surface area (Å²) in [4.78, 5) is 13.7. The van der Waals surface area contributed by atoms with Gasteiger partial charge in [0.1, 0.15) is 0 Å². The van der Waals surface area contributed by atoms with E-state index in [1.54, 1.807) is 38.4 Å². The Kier molecular flexibility index (Phi) is 6.59. The highest BCUT2D eigenvalue weighted by Crippen LogP contribution is 2.40. The fourth-order valence-electron chi connectivity index (χ4n) is 2.06. The Morgan fingerprint density at radius 3 is 2.14 bits per heavy atom. The molecule has 0 aliphatic carbocycles. The normalized spacial score (nSPS) is 10.5. The van der Waals surface area contributed by atoms with E-state index in [0.29, 0.717) is 30.3 Å². The summed E-state index contributed by atoms with van der Waals surface area (Å²) in [6.07, 6.45) is 3.26. The zero-order valence-corrected chi connectivity index (χ0v) is 13.3. The molecule has 5 nitrogen and oxygen atoms in total. The number of carbonyl (C=O) groups is 1. The van der Waals surface area contributed by atoms with Crippen molar-refractivity contribution < 1.29 is 19.0 Å². The second-order valence-electron chi connectivity index (χ2n) is 4.27. The maximum absolute atomic E-state index is 12.0. The first-order valence-corrected chi connectivity index (χ1v) is 6.88. The van der Waals surface area contributed by atoms with Crippen molar-refractivity contribution in [2.75, 3.05) is 34.4 Å². The molecule has 116 valence electrons. The van der Waals surface area contributed by atoms with Gasteiger partial charge >= 0.3 is 0 Å². The van der Waals surface area contributed by atoms with Crippen LogP contribution in [0.1, 0.15) is 19.4 Å². The molecule has 5 heteroatoms. The molecule has 0 bridgehead atoms. The number of ether oxygens (including phenoxy) is 3. The zero-order chi connectivity index (χ0) is 15.8. The zero-order valence-electron chi connectivity index (χ0n) is 13.3. The quantitative estimate of drug-likeness (QED) is 0.725. The van der Waals surface area contributed by atoms with Gasteiger partial charge in [-0.05, 0) is 32.1 Å². The van der Waals surface area contributed by atoms with Gasteiger partial charge in [0.05, 0.1) is 21.3 Å². The van der Waals surface area contributed by atoms with E-state index in [1.807, 2.05) is 19.9 Å². The molecule has 1 rings (SSSR count). The minimum Gasteiger partial charge on any atom is -0.493 e. The van der Waals surface area contributed by atoms with Crippen LogP contribution >= 0.6 is 0 Å². The van der Waals surface area contributed by atoms with Crippen molar-refractivity contribution in [2.24, 2.45) is 0 Å². The summed E-state index contributed by atoms with van der Waals surface area (Å²) in [5.74, 6) is 1.61. The van der Waals surface area contributed by atoms with Gasteiger partial charge in [0.15, 0.2) is 11.5 Å². The van der Waals surface area contributed by atoms with Crippen LogP contribution in [0.4, 0.5) is 0 Å². The molecular formula is C16H23NO4. The standard InChI is InChI=1S/C16H23NO4/c1-6-17(7-2)14(18)11-9-12-8-10-13(19-3)16(21-5)15(12)20-4/h8-11H,6-7H2,1-5H3. The van der Waals surface area contributed by atoms with Crippen LogP contribution in [-0.4, -0.2) is 45.2 Å². The number of benzene rings is 1. The minimum atomic E-state index is -0.0307. The number of methoxy groups -OCH3 is 3. The lowest BCUT2D eigenvalue weighted by molar-refractivity contribution is -0.125. The first-order chi connectivity index (χ1) is 10.1. The Bertz CT molecular complexity index is 507. The molecule has 0 unspecified atom stereocenters. The van der Waals surface area contributed by atoms with Crippen LogP contribution in [0, 0.1) is 0 Å². The average Bonchev–Trinajstić information content (AvgIpc) is 2.52. The Balaban J connectivity index is 3.11. The number of carbonyl (C=O) groups excluding carboxylic acids is 1. The molecule has 0 saturated carbocycles. The number of hydrogen-bond donors (Lipinski definition) is 0. The smallest absolute Gasteiger partial charge is 0.246 e. The van der Waals surface area contributed by atoms with E-state index in [0.717, 1.165) is 5.56 Å². The van der Waals surface area contributed by atoms with E-state index < -0.39 is 0 Å². The summed E-state index contributed by atoms with van der Waals surface area (Å²) in [6, 6.07) is 3.61. The number of nitrogens with zero attached hydrogens (tertiary/aromatic N) is 1. The molecule has 0 spiro atoms. The van der Waals surface area contributed by atoms with Crippen LogP contribution in [0.3, 0.4) is 0 Å². The molecule has 21 heavy (non-hydrogen) atoms. The van der Waals surface area contributed by atoms with Crippen molar-refractivity contribution in [1.29, 1.82) is 0 Å². The van der Waals surface area contributed by atoms with Gasteiger partial charge in [0.25, 0.3) is 0 Å². The molecule has 0 aliphatic heterocycles. The van der Waals surface area contributed by atoms with Gasteiger partial charge in [0.2, 0.25) is 11.7 Å². The van der Waals surface area contributed by atoms with Crippen molar-refractivity contribution >= 4 is 12.0 Å². The van der Waals surface area contributed by atoms with Gasteiger partial charge < -0.3 is 19.1 Å². The predicted molar refractivity (Wildman–Crippen MR) is 83.1 cm³/mol. The molecule has 1 aromatic carbocycles. The van der Waals surface area contributed by atoms with Crippen molar-refractivity contribution in [3.8, 4) is 17.2 Å². The van der Waals surface area contributed by atoms with Crippen molar-refractivity contribution in [3.63, 3.8) is 0 Å². The second-order valence-corrected chi connectivity index (χ2v) is 4.27. The maximum Gasteiger partial charge on any atom is 0.246 e. The Hall–Kier alpha value is -2.17. The first kappa shape index (κ1) is 16.9. The molecule has 0 aliphatic rings. The Labute approximate surface area is 126 Å². The third-order valence-corrected chi connectivity index (χ3v) is 3.22. The number of rotatable bonds is 7. The van der Waals surface area contributed by atoms with Gasteiger partial charge in [0, 0.05) is 24.7 Å². The maximum atomic E-state index is 12.0. The summed E-state index contributed by atoms with van der Waals surface area (Å²) < 4.78 is 15.9. The number of hydrogen-bond acceptors (Lipinski definition) is 4. The summed E-state index contributed by atoms with van der Waals surface area (Å²) in [5, 5.41) is 0. The molecule has 0 fully saturated rings. The highest BCUT2D eigenvalue weighted by molar-refractivity contribution is 5.92. The predicted octanol–water partition coefficient (Wildman–Crippen LogP) is 2.59. The summed E-state index contributed by atoms with van der Waals surface area (Å²) in [5.41, 5.74) is 0.760. The van der Waals surface area contributed by atoms with Crippen LogP contribution in [0.5, 0.6) is 17.2 Å². The molecule has 0 aromatic heterocycles. The Morgan fingerprint density at radius 2 is 1.67 bits per heavy atom. The van der Waals surface area contributed by atoms with E-state index in [-0.39, 0.29) is 5.91 Å². The highest BCUT2D eigenvalue weighted by Gasteiger charge is 2.14. The van der Waals surface area contributed by atoms with Crippen LogP contribution < -0.4 is 14.2 Å². The topological polar surface area (TPSA) is 48.0 Å². The van der Waals surface area contributed by atoms with Crippen LogP contribution in [-0.2, 0) is 4.79 Å². The summed E-state index contributed by atoms with van der Waals surface area (Å²) >= 11 is 0. The van der Waals surface area contributed by atoms with Crippen molar-refractivity contribution in [1.82, 2.24) is 4.90 Å². The van der Waals surface area contributed by atoms with Crippen molar-refractivity contribution in [2.45, 2.75) is 13.8 Å². The largest absolute Gasteiger partial charge is 0.493 e. The van der Waals surface area contributed by atoms with Crippen LogP contribution in [0.2, 0.25) is 0 Å². The molecule has 1 aromatic rings. The van der Waals surface area contributed by atoms with E-state index in [1.165, 1.54) is 6.08 Å². The number of amides is 1. The summed E-state index contributed by atoms with van der Waals surface area (Å²) in [6.45, 7) is 5.27. The van der Waals surface area contributed by atoms with Crippen LogP contribution in [0.25, 0.3) is 6.08 Å². The lowest BCUT2D eigenvalue weighted by Gasteiger charge is -2.16. The van der Waals surface area contributed by atoms with E-state index in [4.69, 9.17) is 14.2 Å². The fourth-order valence-corrected chi connectivity index (χ4v) is 2.06. The third kappa shape index (κ3) is 3.90. The molecule has 0 atom stereocenters. The molecule has 1 amide bonds. The van der Waals surface area contributed by atoms with Gasteiger partial charge in [-0.3, -0.25) is 4.79 Å². The summed E-state index contributed by atoms with van der Waals surface area (Å²) in [7, 11) is 4.67. The molecule has 0 saturated heterocycles. The van der Waals surface area contributed by atoms with Gasteiger partial charge in [-0.1, -0.05) is 0 Å². The van der Waals surface area contributed by atoms with E-state index in [9.17, 15) is 4.79 Å². The third-order valence-electron chi connectivity index (χ3n) is 3.22. The fraction of sp³-hybridized carbons (Fsp3) is 0.438. The molecule has 0 radical (unpaired) electrons. The number of likely N-dealkylation sites (N-methyl/N-ethyl adjacent to an activating group) is 1. The van der Waals surface area contributed by atoms with E-state index >= 15 is 0 Å². The van der Waals surface area contributed by atoms with Gasteiger partial charge in [-0.2, -0.15) is 0 Å². The lowest BCUT2D eigenvalue weighted by atomic mass is 10.1. The van der Waals surface area contributed by atoms with Crippen LogP contribution in [0.15, 0.2) is 18.2 Å². The Morgan fingerprint density at radius 1 is 1.05 bits per heavy atom.